The molecule has 2 aromatic rings. The predicted octanol–water partition coefficient (Wildman–Crippen LogP) is 4.69. The Hall–Kier alpha value is -1.95. The van der Waals surface area contributed by atoms with Crippen LogP contribution < -0.4 is 10.0 Å². The van der Waals surface area contributed by atoms with Crippen LogP contribution in [0, 0.1) is 11.3 Å². The Kier molecular flexibility index (Phi) is 4.61. The van der Waals surface area contributed by atoms with Crippen molar-refractivity contribution < 1.29 is 27.8 Å². The molecule has 7 nitrogen and oxygen atoms in total. The van der Waals surface area contributed by atoms with Crippen LogP contribution in [0.15, 0.2) is 17.0 Å². The number of nitrogens with zero attached hydrogens (tertiary/aromatic N) is 4. The van der Waals surface area contributed by atoms with E-state index in [9.17, 15) is 27.8 Å². The van der Waals surface area contributed by atoms with Gasteiger partial charge in [-0.25, -0.2) is 13.1 Å². The fourth-order valence-corrected chi connectivity index (χ4v) is 4.08. The Labute approximate surface area is 165 Å². The molecule has 0 aliphatic heterocycles. The first-order valence-electron chi connectivity index (χ1n) is 6.74. The summed E-state index contributed by atoms with van der Waals surface area (Å²) in [5, 5.41) is 11.0. The molecule has 0 fully saturated rings. The fourth-order valence-electron chi connectivity index (χ4n) is 2.11. The molecule has 0 aliphatic carbocycles. The Morgan fingerprint density at radius 3 is 2.04 bits per heavy atom. The first-order chi connectivity index (χ1) is 12.3. The number of anilines is 2. The molecule has 156 valence electrons. The van der Waals surface area contributed by atoms with E-state index in [0.29, 0.717) is 8.99 Å². The zero-order valence-electron chi connectivity index (χ0n) is 13.8. The largest absolute Gasteiger partial charge is 0.382 e. The van der Waals surface area contributed by atoms with Crippen LogP contribution in [-0.4, -0.2) is 31.5 Å². The lowest BCUT2D eigenvalue weighted by molar-refractivity contribution is 0.364. The highest BCUT2D eigenvalue weighted by Crippen LogP contribution is 3.02. The summed E-state index contributed by atoms with van der Waals surface area (Å²) < 4.78 is 89.6. The molecule has 1 aromatic carbocycles. The third kappa shape index (κ3) is 4.07. The van der Waals surface area contributed by atoms with Crippen molar-refractivity contribution in [3.05, 3.63) is 27.9 Å². The number of rotatable bonds is 4. The molecule has 2 rings (SSSR count). The van der Waals surface area contributed by atoms with Gasteiger partial charge in [-0.15, -0.1) is 0 Å². The molecule has 0 saturated carbocycles. The van der Waals surface area contributed by atoms with Gasteiger partial charge in [0.1, 0.15) is 22.3 Å². The van der Waals surface area contributed by atoms with Crippen molar-refractivity contribution in [3.8, 4) is 11.8 Å². The standard InChI is InChI=1S/C12H10Cl2F5N5O2S2/c1-23(27(2,25)26)11-9(5-20)22-24(12(11)21)10-7(13)3-6(4-8(10)14)28(15,16,17,18)19/h3-4H,21H2,1-2H3. The molecular weight excluding hydrogens is 476 g/mol. The minimum atomic E-state index is -10.1. The van der Waals surface area contributed by atoms with E-state index in [0.717, 1.165) is 13.3 Å². The number of hydrogen-bond donors (Lipinski definition) is 1. The van der Waals surface area contributed by atoms with E-state index < -0.39 is 58.1 Å². The zero-order valence-corrected chi connectivity index (χ0v) is 16.9. The highest BCUT2D eigenvalue weighted by Gasteiger charge is 2.65. The summed E-state index contributed by atoms with van der Waals surface area (Å²) in [5.74, 6) is -0.520. The number of nitrogens with two attached hydrogens (primary N) is 1. The second-order valence-corrected chi connectivity index (χ2v) is 10.8. The van der Waals surface area contributed by atoms with E-state index in [1.807, 2.05) is 0 Å². The maximum absolute atomic E-state index is 13.0. The predicted molar refractivity (Wildman–Crippen MR) is 97.4 cm³/mol. The van der Waals surface area contributed by atoms with Crippen molar-refractivity contribution in [3.63, 3.8) is 0 Å². The summed E-state index contributed by atoms with van der Waals surface area (Å²) in [6.45, 7) is 0. The van der Waals surface area contributed by atoms with Gasteiger partial charge in [-0.2, -0.15) is 10.4 Å². The fraction of sp³-hybridized carbons (Fsp3) is 0.167. The molecule has 0 atom stereocenters. The molecule has 0 saturated heterocycles. The van der Waals surface area contributed by atoms with E-state index in [4.69, 9.17) is 34.2 Å². The van der Waals surface area contributed by atoms with Crippen LogP contribution in [0.1, 0.15) is 5.69 Å². The van der Waals surface area contributed by atoms with Gasteiger partial charge in [-0.05, 0) is 12.1 Å². The van der Waals surface area contributed by atoms with E-state index >= 15 is 0 Å². The van der Waals surface area contributed by atoms with Gasteiger partial charge < -0.3 is 5.73 Å². The van der Waals surface area contributed by atoms with Crippen LogP contribution in [0.2, 0.25) is 10.0 Å². The van der Waals surface area contributed by atoms with Crippen molar-refractivity contribution >= 4 is 55.0 Å². The van der Waals surface area contributed by atoms with Gasteiger partial charge in [-0.3, -0.25) is 4.31 Å². The van der Waals surface area contributed by atoms with Crippen molar-refractivity contribution in [2.45, 2.75) is 4.90 Å². The van der Waals surface area contributed by atoms with Crippen molar-refractivity contribution in [2.24, 2.45) is 0 Å². The maximum atomic E-state index is 13.0. The molecule has 0 spiro atoms. The molecule has 0 unspecified atom stereocenters. The van der Waals surface area contributed by atoms with E-state index in [1.54, 1.807) is 6.07 Å². The van der Waals surface area contributed by atoms with Crippen LogP contribution in [0.4, 0.5) is 30.9 Å². The monoisotopic (exact) mass is 485 g/mol. The smallest absolute Gasteiger partial charge is 0.310 e. The van der Waals surface area contributed by atoms with E-state index in [2.05, 4.69) is 5.10 Å². The van der Waals surface area contributed by atoms with Gasteiger partial charge in [0.15, 0.2) is 11.5 Å². The molecule has 1 aromatic heterocycles. The lowest BCUT2D eigenvalue weighted by Gasteiger charge is -2.40. The second-order valence-electron chi connectivity index (χ2n) is 5.54. The minimum Gasteiger partial charge on any atom is -0.382 e. The van der Waals surface area contributed by atoms with Gasteiger partial charge in [0, 0.05) is 7.05 Å². The maximum Gasteiger partial charge on any atom is 0.310 e. The summed E-state index contributed by atoms with van der Waals surface area (Å²) in [6.07, 6.45) is 0.800. The molecule has 0 aliphatic rings. The average molecular weight is 486 g/mol. The number of halogens is 7. The number of nitriles is 1. The quantitative estimate of drug-likeness (QED) is 0.632. The van der Waals surface area contributed by atoms with Crippen molar-refractivity contribution in [1.82, 2.24) is 9.78 Å². The average Bonchev–Trinajstić information content (AvgIpc) is 2.79. The third-order valence-electron chi connectivity index (χ3n) is 3.46. The van der Waals surface area contributed by atoms with Crippen LogP contribution in [-0.2, 0) is 10.0 Å². The van der Waals surface area contributed by atoms with Crippen molar-refractivity contribution in [2.75, 3.05) is 23.3 Å². The number of hydrogen-bond acceptors (Lipinski definition) is 5. The highest BCUT2D eigenvalue weighted by molar-refractivity contribution is 8.45. The van der Waals surface area contributed by atoms with Crippen LogP contribution >= 0.6 is 33.4 Å². The Morgan fingerprint density at radius 1 is 1.21 bits per heavy atom. The SMILES string of the molecule is CN(c1c(C#N)nn(-c2c(Cl)cc(S(F)(F)(F)(F)F)cc2Cl)c1N)S(C)(=O)=O. The van der Waals surface area contributed by atoms with E-state index in [1.165, 1.54) is 0 Å². The molecule has 0 bridgehead atoms. The molecule has 28 heavy (non-hydrogen) atoms. The number of aromatic nitrogens is 2. The number of sulfonamides is 1. The molecular formula is C12H10Cl2F5N5O2S2. The molecule has 0 radical (unpaired) electrons. The summed E-state index contributed by atoms with van der Waals surface area (Å²) in [6, 6.07) is 1.45. The lowest BCUT2D eigenvalue weighted by atomic mass is 10.3. The Bertz CT molecular complexity index is 1120. The van der Waals surface area contributed by atoms with Crippen LogP contribution in [0.25, 0.3) is 5.69 Å². The molecule has 1 heterocycles. The molecule has 0 amide bonds. The second kappa shape index (κ2) is 5.78. The van der Waals surface area contributed by atoms with Crippen LogP contribution in [0.3, 0.4) is 0 Å². The third-order valence-corrected chi connectivity index (χ3v) is 6.34. The van der Waals surface area contributed by atoms with Crippen LogP contribution in [0.5, 0.6) is 0 Å². The van der Waals surface area contributed by atoms with Gasteiger partial charge in [-0.1, -0.05) is 42.6 Å². The molecule has 2 N–H and O–H groups in total. The zero-order chi connectivity index (χ0) is 21.9. The van der Waals surface area contributed by atoms with Gasteiger partial charge in [0.2, 0.25) is 10.0 Å². The van der Waals surface area contributed by atoms with Crippen molar-refractivity contribution in [1.29, 1.82) is 5.26 Å². The lowest BCUT2D eigenvalue weighted by Crippen LogP contribution is -2.26. The normalized spacial score (nSPS) is 14.9. The molecule has 16 heteroatoms. The Morgan fingerprint density at radius 2 is 1.68 bits per heavy atom. The summed E-state index contributed by atoms with van der Waals surface area (Å²) in [7, 11) is -12.9. The minimum absolute atomic E-state index is 0.0581. The summed E-state index contributed by atoms with van der Waals surface area (Å²) in [5.41, 5.74) is 4.33. The van der Waals surface area contributed by atoms with Gasteiger partial charge >= 0.3 is 10.2 Å². The first kappa shape index (κ1) is 22.3. The summed E-state index contributed by atoms with van der Waals surface area (Å²) >= 11 is 11.4. The van der Waals surface area contributed by atoms with E-state index in [-0.39, 0.29) is 12.1 Å². The number of nitrogen functional groups attached to an aromatic ring is 1. The highest BCUT2D eigenvalue weighted by atomic mass is 35.5. The first-order valence-corrected chi connectivity index (χ1v) is 11.3. The van der Waals surface area contributed by atoms with Gasteiger partial charge in [0.25, 0.3) is 0 Å². The number of benzene rings is 1. The Balaban J connectivity index is 2.82. The topological polar surface area (TPSA) is 105 Å². The van der Waals surface area contributed by atoms with Gasteiger partial charge in [0.05, 0.1) is 16.3 Å². The summed E-state index contributed by atoms with van der Waals surface area (Å²) in [4.78, 5) is -2.33.